The van der Waals surface area contributed by atoms with Crippen LogP contribution in [0.1, 0.15) is 46.7 Å². The lowest BCUT2D eigenvalue weighted by Gasteiger charge is -2.29. The number of ketones is 1. The third-order valence-corrected chi connectivity index (χ3v) is 4.82. The van der Waals surface area contributed by atoms with Crippen molar-refractivity contribution >= 4 is 23.3 Å². The van der Waals surface area contributed by atoms with Gasteiger partial charge < -0.3 is 15.0 Å². The van der Waals surface area contributed by atoms with E-state index >= 15 is 0 Å². The van der Waals surface area contributed by atoms with Crippen LogP contribution in [0.15, 0.2) is 35.1 Å². The third kappa shape index (κ3) is 4.68. The van der Waals surface area contributed by atoms with Crippen LogP contribution in [0.25, 0.3) is 0 Å². The van der Waals surface area contributed by atoms with E-state index in [0.717, 1.165) is 0 Å². The van der Waals surface area contributed by atoms with Gasteiger partial charge in [0.15, 0.2) is 5.78 Å². The molecule has 1 aliphatic rings. The van der Waals surface area contributed by atoms with E-state index in [-0.39, 0.29) is 23.3 Å². The van der Waals surface area contributed by atoms with Crippen molar-refractivity contribution < 1.29 is 19.1 Å². The van der Waals surface area contributed by atoms with E-state index in [2.05, 4.69) is 21.2 Å². The summed E-state index contributed by atoms with van der Waals surface area (Å²) in [6.07, 6.45) is 0.870. The van der Waals surface area contributed by atoms with Crippen molar-refractivity contribution in [3.63, 3.8) is 0 Å². The van der Waals surface area contributed by atoms with Gasteiger partial charge in [0, 0.05) is 17.7 Å². The molecule has 1 aliphatic carbocycles. The SMILES string of the molecule is COc1ccccc1NCC(=O)NNC(=O)c1cc2c([nH]c1=O)CC(C)(C)CC2=O. The largest absolute Gasteiger partial charge is 0.495 e. The van der Waals surface area contributed by atoms with E-state index in [1.54, 1.807) is 24.3 Å². The Labute approximate surface area is 173 Å². The lowest BCUT2D eigenvalue weighted by atomic mass is 9.75. The van der Waals surface area contributed by atoms with Crippen LogP contribution < -0.4 is 26.5 Å². The first-order valence-electron chi connectivity index (χ1n) is 9.45. The van der Waals surface area contributed by atoms with Crippen molar-refractivity contribution in [1.82, 2.24) is 15.8 Å². The summed E-state index contributed by atoms with van der Waals surface area (Å²) in [6, 6.07) is 8.37. The number of para-hydroxylation sites is 2. The molecule has 158 valence electrons. The van der Waals surface area contributed by atoms with E-state index in [1.807, 2.05) is 13.8 Å². The average Bonchev–Trinajstić information content (AvgIpc) is 2.69. The number of ether oxygens (including phenoxy) is 1. The molecule has 0 saturated heterocycles. The molecule has 1 heterocycles. The number of nitrogens with one attached hydrogen (secondary N) is 4. The van der Waals surface area contributed by atoms with Gasteiger partial charge in [0.05, 0.1) is 19.3 Å². The smallest absolute Gasteiger partial charge is 0.275 e. The van der Waals surface area contributed by atoms with Crippen LogP contribution >= 0.6 is 0 Å². The van der Waals surface area contributed by atoms with Gasteiger partial charge in [-0.15, -0.1) is 0 Å². The fourth-order valence-electron chi connectivity index (χ4n) is 3.40. The highest BCUT2D eigenvalue weighted by Crippen LogP contribution is 2.33. The summed E-state index contributed by atoms with van der Waals surface area (Å²) in [7, 11) is 1.52. The Kier molecular flexibility index (Phi) is 5.91. The molecule has 2 aromatic rings. The summed E-state index contributed by atoms with van der Waals surface area (Å²) in [5.41, 5.74) is 4.83. The minimum Gasteiger partial charge on any atom is -0.495 e. The Morgan fingerprint density at radius 3 is 2.60 bits per heavy atom. The lowest BCUT2D eigenvalue weighted by Crippen LogP contribution is -2.46. The van der Waals surface area contributed by atoms with E-state index in [0.29, 0.717) is 35.5 Å². The maximum absolute atomic E-state index is 12.4. The second-order valence-electron chi connectivity index (χ2n) is 7.90. The maximum Gasteiger partial charge on any atom is 0.275 e. The number of fused-ring (bicyclic) bond motifs is 1. The van der Waals surface area contributed by atoms with Crippen LogP contribution in [0.3, 0.4) is 0 Å². The predicted octanol–water partition coefficient (Wildman–Crippen LogP) is 1.41. The molecule has 9 nitrogen and oxygen atoms in total. The number of H-pyrrole nitrogens is 1. The maximum atomic E-state index is 12.4. The monoisotopic (exact) mass is 412 g/mol. The molecule has 30 heavy (non-hydrogen) atoms. The number of rotatable bonds is 5. The van der Waals surface area contributed by atoms with Crippen molar-refractivity contribution in [1.29, 1.82) is 0 Å². The standard InChI is InChI=1S/C21H24N4O5/c1-21(2)9-15-12(16(26)10-21)8-13(19(28)23-15)20(29)25-24-18(27)11-22-14-6-4-5-7-17(14)30-3/h4-8,22H,9-11H2,1-3H3,(H,23,28)(H,24,27)(H,25,29). The summed E-state index contributed by atoms with van der Waals surface area (Å²) in [6.45, 7) is 3.76. The molecule has 9 heteroatoms. The molecule has 0 spiro atoms. The lowest BCUT2D eigenvalue weighted by molar-refractivity contribution is -0.120. The van der Waals surface area contributed by atoms with E-state index in [1.165, 1.54) is 13.2 Å². The van der Waals surface area contributed by atoms with Crippen molar-refractivity contribution in [2.75, 3.05) is 19.0 Å². The molecule has 0 aliphatic heterocycles. The zero-order chi connectivity index (χ0) is 21.9. The first-order valence-corrected chi connectivity index (χ1v) is 9.45. The van der Waals surface area contributed by atoms with E-state index < -0.39 is 17.4 Å². The van der Waals surface area contributed by atoms with Gasteiger partial charge in [-0.25, -0.2) is 0 Å². The van der Waals surface area contributed by atoms with Gasteiger partial charge in [-0.1, -0.05) is 26.0 Å². The van der Waals surface area contributed by atoms with Crippen LogP contribution in [0.4, 0.5) is 5.69 Å². The van der Waals surface area contributed by atoms with E-state index in [9.17, 15) is 19.2 Å². The number of carbonyl (C=O) groups is 3. The summed E-state index contributed by atoms with van der Waals surface area (Å²) >= 11 is 0. The first-order chi connectivity index (χ1) is 14.2. The van der Waals surface area contributed by atoms with Crippen LogP contribution in [-0.4, -0.2) is 36.2 Å². The van der Waals surface area contributed by atoms with Crippen molar-refractivity contribution in [2.24, 2.45) is 5.41 Å². The quantitative estimate of drug-likeness (QED) is 0.550. The fourth-order valence-corrected chi connectivity index (χ4v) is 3.40. The van der Waals surface area contributed by atoms with Crippen LogP contribution in [-0.2, 0) is 11.2 Å². The molecule has 1 aromatic heterocycles. The Bertz CT molecular complexity index is 1060. The number of Topliss-reactive ketones (excluding diaryl/α,β-unsaturated/α-hetero) is 1. The fraction of sp³-hybridized carbons (Fsp3) is 0.333. The Morgan fingerprint density at radius 2 is 1.87 bits per heavy atom. The molecule has 0 radical (unpaired) electrons. The van der Waals surface area contributed by atoms with Crippen LogP contribution in [0.2, 0.25) is 0 Å². The zero-order valence-corrected chi connectivity index (χ0v) is 17.0. The summed E-state index contributed by atoms with van der Waals surface area (Å²) in [5.74, 6) is -0.886. The number of hydrogen-bond donors (Lipinski definition) is 4. The molecule has 4 N–H and O–H groups in total. The number of amides is 2. The molecule has 1 aromatic carbocycles. The third-order valence-electron chi connectivity index (χ3n) is 4.82. The van der Waals surface area contributed by atoms with Gasteiger partial charge >= 0.3 is 0 Å². The normalized spacial score (nSPS) is 14.4. The topological polar surface area (TPSA) is 129 Å². The second kappa shape index (κ2) is 8.40. The molecule has 0 atom stereocenters. The van der Waals surface area contributed by atoms with Gasteiger partial charge in [0.25, 0.3) is 17.4 Å². The predicted molar refractivity (Wildman–Crippen MR) is 111 cm³/mol. The molecule has 0 unspecified atom stereocenters. The number of hydrogen-bond acceptors (Lipinski definition) is 6. The molecule has 0 bridgehead atoms. The van der Waals surface area contributed by atoms with Crippen molar-refractivity contribution in [3.8, 4) is 5.75 Å². The van der Waals surface area contributed by atoms with Gasteiger partial charge in [-0.3, -0.25) is 30.0 Å². The molecule has 2 amide bonds. The van der Waals surface area contributed by atoms with Gasteiger partial charge in [0.1, 0.15) is 11.3 Å². The number of methoxy groups -OCH3 is 1. The minimum atomic E-state index is -0.803. The van der Waals surface area contributed by atoms with Gasteiger partial charge in [-0.05, 0) is 30.0 Å². The Hall–Kier alpha value is -3.62. The molecule has 0 saturated carbocycles. The average molecular weight is 412 g/mol. The van der Waals surface area contributed by atoms with Gasteiger partial charge in [-0.2, -0.15) is 0 Å². The Morgan fingerprint density at radius 1 is 1.13 bits per heavy atom. The number of aromatic nitrogens is 1. The van der Waals surface area contributed by atoms with Crippen molar-refractivity contribution in [2.45, 2.75) is 26.7 Å². The van der Waals surface area contributed by atoms with Crippen LogP contribution in [0, 0.1) is 5.41 Å². The highest BCUT2D eigenvalue weighted by molar-refractivity contribution is 6.02. The molecular weight excluding hydrogens is 388 g/mol. The number of aromatic amines is 1. The number of anilines is 1. The van der Waals surface area contributed by atoms with Gasteiger partial charge in [0.2, 0.25) is 0 Å². The number of benzene rings is 1. The summed E-state index contributed by atoms with van der Waals surface area (Å²) in [5, 5.41) is 2.89. The van der Waals surface area contributed by atoms with Crippen molar-refractivity contribution in [3.05, 3.63) is 57.5 Å². The highest BCUT2D eigenvalue weighted by Gasteiger charge is 2.32. The minimum absolute atomic E-state index is 0.128. The number of pyridine rings is 1. The molecule has 0 fully saturated rings. The summed E-state index contributed by atoms with van der Waals surface area (Å²) in [4.78, 5) is 51.7. The molecule has 3 rings (SSSR count). The molecular formula is C21H24N4O5. The highest BCUT2D eigenvalue weighted by atomic mass is 16.5. The second-order valence-corrected chi connectivity index (χ2v) is 7.90. The zero-order valence-electron chi connectivity index (χ0n) is 17.0. The summed E-state index contributed by atoms with van der Waals surface area (Å²) < 4.78 is 5.18. The van der Waals surface area contributed by atoms with E-state index in [4.69, 9.17) is 4.74 Å². The first kappa shape index (κ1) is 21.1. The number of carbonyl (C=O) groups excluding carboxylic acids is 3. The number of hydrazine groups is 1. The Balaban J connectivity index is 1.62. The van der Waals surface area contributed by atoms with Crippen LogP contribution in [0.5, 0.6) is 5.75 Å².